The van der Waals surface area contributed by atoms with Crippen LogP contribution in [0.2, 0.25) is 0 Å². The number of rotatable bonds is 7. The van der Waals surface area contributed by atoms with Gasteiger partial charge in [-0.25, -0.2) is 4.98 Å². The molecule has 1 saturated heterocycles. The molecule has 9 heteroatoms. The molecule has 1 aliphatic heterocycles. The highest BCUT2D eigenvalue weighted by Crippen LogP contribution is 2.39. The van der Waals surface area contributed by atoms with Gasteiger partial charge in [0.05, 0.1) is 11.5 Å². The minimum atomic E-state index is -0.113. The van der Waals surface area contributed by atoms with Gasteiger partial charge in [-0.05, 0) is 38.0 Å². The first-order valence-corrected chi connectivity index (χ1v) is 11.3. The van der Waals surface area contributed by atoms with Crippen LogP contribution in [-0.2, 0) is 4.74 Å². The van der Waals surface area contributed by atoms with E-state index >= 15 is 0 Å². The second-order valence-corrected chi connectivity index (χ2v) is 8.94. The Morgan fingerprint density at radius 3 is 2.94 bits per heavy atom. The average molecular weight is 442 g/mol. The number of carbonyl (C=O) groups is 2. The van der Waals surface area contributed by atoms with Crippen molar-refractivity contribution in [2.45, 2.75) is 32.2 Å². The molecule has 1 aliphatic rings. The molecule has 2 amide bonds. The first kappa shape index (κ1) is 21.5. The largest absolute Gasteiger partial charge is 0.383 e. The van der Waals surface area contributed by atoms with Crippen molar-refractivity contribution < 1.29 is 14.3 Å². The normalized spacial score (nSPS) is 16.4. The lowest BCUT2D eigenvalue weighted by molar-refractivity contribution is 0.0776. The molecule has 0 saturated carbocycles. The monoisotopic (exact) mass is 441 g/mol. The molecule has 0 aliphatic carbocycles. The van der Waals surface area contributed by atoms with E-state index in [9.17, 15) is 9.59 Å². The summed E-state index contributed by atoms with van der Waals surface area (Å²) in [6, 6.07) is 5.79. The van der Waals surface area contributed by atoms with E-state index in [1.54, 1.807) is 30.3 Å². The van der Waals surface area contributed by atoms with E-state index in [4.69, 9.17) is 4.74 Å². The van der Waals surface area contributed by atoms with Gasteiger partial charge in [-0.2, -0.15) is 5.10 Å². The second-order valence-electron chi connectivity index (χ2n) is 7.94. The minimum Gasteiger partial charge on any atom is -0.383 e. The fraction of sp³-hybridized carbons (Fsp3) is 0.455. The van der Waals surface area contributed by atoms with Crippen molar-refractivity contribution >= 4 is 33.4 Å². The lowest BCUT2D eigenvalue weighted by Gasteiger charge is -2.19. The molecule has 0 aromatic carbocycles. The molecule has 1 atom stereocenters. The smallest absolute Gasteiger partial charge is 0.272 e. The zero-order valence-electron chi connectivity index (χ0n) is 18.0. The van der Waals surface area contributed by atoms with Gasteiger partial charge in [0.15, 0.2) is 0 Å². The van der Waals surface area contributed by atoms with E-state index < -0.39 is 0 Å². The number of hydrogen-bond donors (Lipinski definition) is 1. The Morgan fingerprint density at radius 2 is 2.16 bits per heavy atom. The SMILES string of the molecule is COCCNC(=O)c1sc2ncccc2c1C1CCN(C(=O)c2ccnn2C(C)C)C1. The number of thiophene rings is 1. The van der Waals surface area contributed by atoms with Gasteiger partial charge >= 0.3 is 0 Å². The van der Waals surface area contributed by atoms with Gasteiger partial charge in [-0.3, -0.25) is 14.3 Å². The minimum absolute atomic E-state index is 0.0162. The molecule has 0 radical (unpaired) electrons. The Labute approximate surface area is 185 Å². The predicted octanol–water partition coefficient (Wildman–Crippen LogP) is 3.08. The van der Waals surface area contributed by atoms with Gasteiger partial charge in [0.25, 0.3) is 11.8 Å². The molecule has 1 N–H and O–H groups in total. The number of nitrogens with one attached hydrogen (secondary N) is 1. The number of methoxy groups -OCH3 is 1. The fourth-order valence-corrected chi connectivity index (χ4v) is 5.26. The van der Waals surface area contributed by atoms with Crippen molar-refractivity contribution in [2.75, 3.05) is 33.4 Å². The van der Waals surface area contributed by atoms with Crippen molar-refractivity contribution in [3.63, 3.8) is 0 Å². The van der Waals surface area contributed by atoms with Gasteiger partial charge in [0, 0.05) is 56.5 Å². The predicted molar refractivity (Wildman–Crippen MR) is 120 cm³/mol. The number of nitrogens with zero attached hydrogens (tertiary/aromatic N) is 4. The number of carbonyl (C=O) groups excluding carboxylic acids is 2. The summed E-state index contributed by atoms with van der Waals surface area (Å²) in [6.45, 7) is 6.14. The van der Waals surface area contributed by atoms with E-state index in [-0.39, 0.29) is 23.8 Å². The molecule has 1 unspecified atom stereocenters. The second kappa shape index (κ2) is 9.15. The summed E-state index contributed by atoms with van der Waals surface area (Å²) < 4.78 is 6.80. The molecular weight excluding hydrogens is 414 g/mol. The number of aromatic nitrogens is 3. The Bertz CT molecular complexity index is 1090. The zero-order chi connectivity index (χ0) is 22.0. The molecule has 4 heterocycles. The van der Waals surface area contributed by atoms with E-state index in [2.05, 4.69) is 15.4 Å². The van der Waals surface area contributed by atoms with Crippen molar-refractivity contribution in [3.8, 4) is 0 Å². The summed E-state index contributed by atoms with van der Waals surface area (Å²) >= 11 is 1.41. The number of fused-ring (bicyclic) bond motifs is 1. The topological polar surface area (TPSA) is 89.3 Å². The van der Waals surface area contributed by atoms with Crippen molar-refractivity contribution in [1.82, 2.24) is 25.0 Å². The highest BCUT2D eigenvalue weighted by molar-refractivity contribution is 7.20. The van der Waals surface area contributed by atoms with Crippen LogP contribution in [0.25, 0.3) is 10.2 Å². The maximum Gasteiger partial charge on any atom is 0.272 e. The lowest BCUT2D eigenvalue weighted by Crippen LogP contribution is -2.31. The molecule has 31 heavy (non-hydrogen) atoms. The molecule has 8 nitrogen and oxygen atoms in total. The molecule has 0 spiro atoms. The van der Waals surface area contributed by atoms with Gasteiger partial charge in [0.1, 0.15) is 10.5 Å². The molecule has 1 fully saturated rings. The van der Waals surface area contributed by atoms with Crippen LogP contribution in [-0.4, -0.2) is 64.8 Å². The quantitative estimate of drug-likeness (QED) is 0.569. The summed E-state index contributed by atoms with van der Waals surface area (Å²) in [7, 11) is 1.61. The van der Waals surface area contributed by atoms with Gasteiger partial charge in [-0.1, -0.05) is 6.07 Å². The first-order valence-electron chi connectivity index (χ1n) is 10.5. The van der Waals surface area contributed by atoms with E-state index in [1.165, 1.54) is 11.3 Å². The van der Waals surface area contributed by atoms with E-state index in [0.717, 1.165) is 22.2 Å². The summed E-state index contributed by atoms with van der Waals surface area (Å²) in [4.78, 5) is 33.9. The van der Waals surface area contributed by atoms with Crippen molar-refractivity contribution in [2.24, 2.45) is 0 Å². The van der Waals surface area contributed by atoms with Crippen molar-refractivity contribution in [3.05, 3.63) is 46.7 Å². The van der Waals surface area contributed by atoms with Crippen LogP contribution in [0.1, 0.15) is 58.0 Å². The summed E-state index contributed by atoms with van der Waals surface area (Å²) in [5.74, 6) is -0.0457. The van der Waals surface area contributed by atoms with Gasteiger partial charge < -0.3 is 15.0 Å². The number of pyridine rings is 1. The number of likely N-dealkylation sites (tertiary alicyclic amines) is 1. The van der Waals surface area contributed by atoms with Gasteiger partial charge in [-0.15, -0.1) is 11.3 Å². The molecule has 164 valence electrons. The Balaban J connectivity index is 1.60. The first-order chi connectivity index (χ1) is 15.0. The maximum atomic E-state index is 13.2. The molecule has 3 aromatic rings. The van der Waals surface area contributed by atoms with Crippen LogP contribution in [0, 0.1) is 0 Å². The van der Waals surface area contributed by atoms with Crippen LogP contribution in [0.3, 0.4) is 0 Å². The highest BCUT2D eigenvalue weighted by Gasteiger charge is 2.34. The Kier molecular flexibility index (Phi) is 6.33. The third-order valence-electron chi connectivity index (χ3n) is 5.56. The van der Waals surface area contributed by atoms with Crippen LogP contribution in [0.15, 0.2) is 30.6 Å². The van der Waals surface area contributed by atoms with Gasteiger partial charge in [0.2, 0.25) is 0 Å². The summed E-state index contributed by atoms with van der Waals surface area (Å²) in [6.07, 6.45) is 4.22. The molecule has 3 aromatic heterocycles. The molecular formula is C22H27N5O3S. The summed E-state index contributed by atoms with van der Waals surface area (Å²) in [5.41, 5.74) is 1.60. The maximum absolute atomic E-state index is 13.2. The fourth-order valence-electron chi connectivity index (χ4n) is 4.11. The van der Waals surface area contributed by atoms with E-state index in [0.29, 0.717) is 36.8 Å². The molecule has 0 bridgehead atoms. The van der Waals surface area contributed by atoms with E-state index in [1.807, 2.05) is 30.9 Å². The Morgan fingerprint density at radius 1 is 1.32 bits per heavy atom. The van der Waals surface area contributed by atoms with Crippen LogP contribution in [0.5, 0.6) is 0 Å². The van der Waals surface area contributed by atoms with Crippen LogP contribution < -0.4 is 5.32 Å². The van der Waals surface area contributed by atoms with Crippen molar-refractivity contribution in [1.29, 1.82) is 0 Å². The zero-order valence-corrected chi connectivity index (χ0v) is 18.8. The number of hydrogen-bond acceptors (Lipinski definition) is 6. The average Bonchev–Trinajstić information content (AvgIpc) is 3.50. The van der Waals surface area contributed by atoms with Crippen LogP contribution >= 0.6 is 11.3 Å². The number of ether oxygens (including phenoxy) is 1. The number of amides is 2. The van der Waals surface area contributed by atoms with Crippen LogP contribution in [0.4, 0.5) is 0 Å². The summed E-state index contributed by atoms with van der Waals surface area (Å²) in [5, 5.41) is 8.21. The third kappa shape index (κ3) is 4.20. The molecule has 4 rings (SSSR count). The lowest BCUT2D eigenvalue weighted by atomic mass is 9.95. The highest BCUT2D eigenvalue weighted by atomic mass is 32.1. The Hall–Kier alpha value is -2.78. The standard InChI is InChI=1S/C22H27N5O3S/c1-14(2)27-17(6-9-25-27)22(29)26-11-7-15(13-26)18-16-5-4-8-24-21(16)31-19(18)20(28)23-10-12-30-3/h4-6,8-9,14-15H,7,10-13H2,1-3H3,(H,23,28). The third-order valence-corrected chi connectivity index (χ3v) is 6.69.